The SMILES string of the molecule is [2H]c1c([2H])c([2H])c2c([se]c3c(-c4nc(-c5ccccc5)nc(-c5ccc6c7ccccc7c7ccccc7c6c5)n4)c([2H])c([2H])c([2H])c32)c1[2H]. The topological polar surface area (TPSA) is 38.7 Å². The van der Waals surface area contributed by atoms with Crippen LogP contribution in [0.15, 0.2) is 139 Å². The number of hydrogen-bond acceptors (Lipinski definition) is 3. The fraction of sp³-hybridized carbons (Fsp3) is 0. The Bertz CT molecular complexity index is 2870. The second-order valence-corrected chi connectivity index (χ2v) is 12.4. The van der Waals surface area contributed by atoms with Crippen LogP contribution in [-0.2, 0) is 0 Å². The Kier molecular flexibility index (Phi) is 4.15. The van der Waals surface area contributed by atoms with Gasteiger partial charge in [-0.15, -0.1) is 0 Å². The van der Waals surface area contributed by atoms with Gasteiger partial charge in [0.05, 0.1) is 0 Å². The van der Waals surface area contributed by atoms with Crippen LogP contribution in [0.25, 0.3) is 85.8 Å². The number of aromatic nitrogens is 3. The molecule has 2 aromatic heterocycles. The van der Waals surface area contributed by atoms with Crippen molar-refractivity contribution in [1.29, 1.82) is 0 Å². The van der Waals surface area contributed by atoms with E-state index >= 15 is 0 Å². The number of nitrogens with zero attached hydrogens (tertiary/aromatic N) is 3. The van der Waals surface area contributed by atoms with Crippen molar-refractivity contribution < 1.29 is 9.60 Å². The van der Waals surface area contributed by atoms with Gasteiger partial charge in [-0.1, -0.05) is 6.07 Å². The van der Waals surface area contributed by atoms with Gasteiger partial charge < -0.3 is 0 Å². The van der Waals surface area contributed by atoms with Crippen molar-refractivity contribution in [2.75, 3.05) is 0 Å². The third kappa shape index (κ3) is 3.92. The maximum absolute atomic E-state index is 9.10. The van der Waals surface area contributed by atoms with Gasteiger partial charge in [0.25, 0.3) is 0 Å². The summed E-state index contributed by atoms with van der Waals surface area (Å²) in [6, 6.07) is 30.3. The Hall–Kier alpha value is -5.15. The standard InChI is InChI=1S/C39H23N3Se/c1-2-11-24(12-3-1)37-40-38(42-39(41-37)33-19-10-18-32-31-17-8-9-20-35(31)43-36(32)33)25-21-22-30-28-15-5-4-13-26(28)27-14-6-7-16-29(27)34(30)23-25/h1-23H/i8D,9D,10D,17D,18D,19D,20D. The van der Waals surface area contributed by atoms with Gasteiger partial charge in [-0.3, -0.25) is 0 Å². The molecule has 0 spiro atoms. The minimum atomic E-state index is -0.710. The summed E-state index contributed by atoms with van der Waals surface area (Å²) in [7, 11) is 0. The van der Waals surface area contributed by atoms with Crippen LogP contribution in [0.4, 0.5) is 0 Å². The summed E-state index contributed by atoms with van der Waals surface area (Å²) in [6.45, 7) is 0. The van der Waals surface area contributed by atoms with Gasteiger partial charge in [-0.05, 0) is 0 Å². The van der Waals surface area contributed by atoms with Gasteiger partial charge in [0.2, 0.25) is 0 Å². The van der Waals surface area contributed by atoms with E-state index in [9.17, 15) is 0 Å². The number of fused-ring (bicyclic) bond motifs is 9. The molecular weight excluding hydrogens is 589 g/mol. The quantitative estimate of drug-likeness (QED) is 0.146. The molecule has 0 bridgehead atoms. The average Bonchev–Trinajstić information content (AvgIpc) is 3.56. The zero-order chi connectivity index (χ0) is 34.4. The summed E-state index contributed by atoms with van der Waals surface area (Å²) in [6.07, 6.45) is 0. The van der Waals surface area contributed by atoms with E-state index in [0.29, 0.717) is 20.2 Å². The van der Waals surface area contributed by atoms with E-state index in [4.69, 9.17) is 24.5 Å². The van der Waals surface area contributed by atoms with E-state index in [1.165, 1.54) is 5.39 Å². The van der Waals surface area contributed by atoms with E-state index in [1.807, 2.05) is 60.7 Å². The third-order valence-corrected chi connectivity index (χ3v) is 10.2. The zero-order valence-electron chi connectivity index (χ0n) is 29.5. The molecule has 0 aliphatic heterocycles. The summed E-state index contributed by atoms with van der Waals surface area (Å²) in [5, 5.41) is 7.14. The zero-order valence-corrected chi connectivity index (χ0v) is 24.2. The molecule has 0 N–H and O–H groups in total. The predicted octanol–water partition coefficient (Wildman–Crippen LogP) is 9.70. The normalized spacial score (nSPS) is 14.0. The average molecular weight is 620 g/mol. The van der Waals surface area contributed by atoms with Gasteiger partial charge in [0, 0.05) is 0 Å². The first-order chi connectivity index (χ1) is 24.2. The molecule has 0 unspecified atom stereocenters. The Balaban J connectivity index is 1.37. The molecule has 0 fully saturated rings. The van der Waals surface area contributed by atoms with Gasteiger partial charge in [-0.2, -0.15) is 0 Å². The molecule has 0 atom stereocenters. The van der Waals surface area contributed by atoms with Crippen LogP contribution in [0.2, 0.25) is 0 Å². The van der Waals surface area contributed by atoms with E-state index in [2.05, 4.69) is 36.4 Å². The molecular formula is C39H23N3Se. The summed E-state index contributed by atoms with van der Waals surface area (Å²) in [5.74, 6) is 0.892. The molecule has 3 nitrogen and oxygen atoms in total. The Morgan fingerprint density at radius 2 is 1.02 bits per heavy atom. The maximum atomic E-state index is 9.10. The van der Waals surface area contributed by atoms with Gasteiger partial charge in [0.15, 0.2) is 0 Å². The third-order valence-electron chi connectivity index (χ3n) is 7.83. The van der Waals surface area contributed by atoms with Crippen LogP contribution in [-0.4, -0.2) is 29.5 Å². The Morgan fingerprint density at radius 1 is 0.442 bits per heavy atom. The van der Waals surface area contributed by atoms with Gasteiger partial charge in [-0.25, -0.2) is 0 Å². The first-order valence-electron chi connectivity index (χ1n) is 17.3. The second-order valence-electron chi connectivity index (χ2n) is 10.3. The first-order valence-corrected chi connectivity index (χ1v) is 15.5. The fourth-order valence-corrected chi connectivity index (χ4v) is 8.09. The molecule has 0 saturated heterocycles. The van der Waals surface area contributed by atoms with Crippen LogP contribution in [0.3, 0.4) is 0 Å². The van der Waals surface area contributed by atoms with Crippen LogP contribution in [0.5, 0.6) is 0 Å². The fourth-order valence-electron chi connectivity index (χ4n) is 5.87. The monoisotopic (exact) mass is 620 g/mol. The molecule has 4 heteroatoms. The molecule has 0 aliphatic rings. The number of hydrogen-bond donors (Lipinski definition) is 0. The van der Waals surface area contributed by atoms with E-state index < -0.39 is 20.5 Å². The Labute approximate surface area is 263 Å². The van der Waals surface area contributed by atoms with Crippen LogP contribution in [0, 0.1) is 0 Å². The molecule has 0 radical (unpaired) electrons. The Morgan fingerprint density at radius 3 is 1.77 bits per heavy atom. The molecule has 0 aliphatic carbocycles. The van der Waals surface area contributed by atoms with Crippen LogP contribution in [0.1, 0.15) is 9.60 Å². The molecule has 43 heavy (non-hydrogen) atoms. The summed E-state index contributed by atoms with van der Waals surface area (Å²) >= 11 is -0.710. The van der Waals surface area contributed by atoms with E-state index in [1.54, 1.807) is 0 Å². The van der Waals surface area contributed by atoms with E-state index in [0.717, 1.165) is 38.1 Å². The van der Waals surface area contributed by atoms with Crippen molar-refractivity contribution in [3.05, 3.63) is 139 Å². The summed E-state index contributed by atoms with van der Waals surface area (Å²) in [5.41, 5.74) is 1.71. The predicted molar refractivity (Wildman–Crippen MR) is 181 cm³/mol. The van der Waals surface area contributed by atoms with Gasteiger partial charge >= 0.3 is 258 Å². The molecule has 200 valence electrons. The van der Waals surface area contributed by atoms with Gasteiger partial charge in [0.1, 0.15) is 0 Å². The molecule has 0 saturated carbocycles. The van der Waals surface area contributed by atoms with E-state index in [-0.39, 0.29) is 58.4 Å². The number of rotatable bonds is 3. The first kappa shape index (κ1) is 18.4. The second kappa shape index (κ2) is 9.71. The van der Waals surface area contributed by atoms with Crippen molar-refractivity contribution >= 4 is 66.1 Å². The number of benzene rings is 7. The van der Waals surface area contributed by atoms with Crippen LogP contribution >= 0.6 is 0 Å². The van der Waals surface area contributed by atoms with Crippen molar-refractivity contribution in [3.8, 4) is 34.2 Å². The van der Waals surface area contributed by atoms with Crippen molar-refractivity contribution in [1.82, 2.24) is 15.0 Å². The molecule has 7 aromatic carbocycles. The summed E-state index contributed by atoms with van der Waals surface area (Å²) in [4.78, 5) is 14.7. The molecule has 9 rings (SSSR count). The molecule has 9 aromatic rings. The van der Waals surface area contributed by atoms with Crippen LogP contribution < -0.4 is 0 Å². The van der Waals surface area contributed by atoms with Crippen molar-refractivity contribution in [2.24, 2.45) is 0 Å². The van der Waals surface area contributed by atoms with Crippen molar-refractivity contribution in [3.63, 3.8) is 0 Å². The molecule has 2 heterocycles. The minimum absolute atomic E-state index is 0.150. The summed E-state index contributed by atoms with van der Waals surface area (Å²) < 4.78 is 61.6. The molecule has 0 amide bonds. The van der Waals surface area contributed by atoms with Crippen molar-refractivity contribution in [2.45, 2.75) is 0 Å².